The van der Waals surface area contributed by atoms with Crippen LogP contribution >= 0.6 is 11.6 Å². The summed E-state index contributed by atoms with van der Waals surface area (Å²) in [6.45, 7) is 2.47. The van der Waals surface area contributed by atoms with Gasteiger partial charge in [-0.05, 0) is 42.8 Å². The maximum Gasteiger partial charge on any atom is 0.288 e. The van der Waals surface area contributed by atoms with Crippen molar-refractivity contribution in [3.05, 3.63) is 74.6 Å². The van der Waals surface area contributed by atoms with Crippen molar-refractivity contribution in [2.45, 2.75) is 13.0 Å². The van der Waals surface area contributed by atoms with Crippen molar-refractivity contribution in [1.82, 2.24) is 5.32 Å². The molecule has 0 spiro atoms. The van der Waals surface area contributed by atoms with E-state index in [4.69, 9.17) is 20.8 Å². The fraction of sp³-hybridized carbons (Fsp3) is 0.158. The van der Waals surface area contributed by atoms with Crippen molar-refractivity contribution in [1.29, 1.82) is 0 Å². The van der Waals surface area contributed by atoms with Crippen LogP contribution in [0.25, 0.3) is 11.0 Å². The number of rotatable bonds is 3. The molecule has 2 aromatic carbocycles. The predicted octanol–water partition coefficient (Wildman–Crippen LogP) is 3.68. The monoisotopic (exact) mass is 355 g/mol. The van der Waals surface area contributed by atoms with Crippen molar-refractivity contribution < 1.29 is 13.9 Å². The van der Waals surface area contributed by atoms with E-state index in [9.17, 15) is 9.59 Å². The third-order valence-electron chi connectivity index (χ3n) is 4.18. The van der Waals surface area contributed by atoms with Gasteiger partial charge >= 0.3 is 0 Å². The highest BCUT2D eigenvalue weighted by atomic mass is 35.5. The van der Waals surface area contributed by atoms with E-state index in [1.165, 1.54) is 0 Å². The molecule has 2 heterocycles. The first-order valence-corrected chi connectivity index (χ1v) is 8.26. The lowest BCUT2D eigenvalue weighted by molar-refractivity contribution is 0.0938. The molecule has 5 nitrogen and oxygen atoms in total. The average Bonchev–Trinajstić information content (AvgIpc) is 2.94. The predicted molar refractivity (Wildman–Crippen MR) is 94.4 cm³/mol. The van der Waals surface area contributed by atoms with Crippen LogP contribution in [0.1, 0.15) is 34.6 Å². The number of benzene rings is 2. The molecule has 1 aliphatic rings. The summed E-state index contributed by atoms with van der Waals surface area (Å²) in [6, 6.07) is 11.5. The van der Waals surface area contributed by atoms with Gasteiger partial charge < -0.3 is 14.5 Å². The van der Waals surface area contributed by atoms with E-state index in [1.54, 1.807) is 18.2 Å². The number of ether oxygens (including phenoxy) is 1. The molecular formula is C19H14ClNO4. The molecule has 0 saturated heterocycles. The largest absolute Gasteiger partial charge is 0.494 e. The molecule has 126 valence electrons. The molecule has 1 atom stereocenters. The van der Waals surface area contributed by atoms with Gasteiger partial charge in [-0.3, -0.25) is 9.59 Å². The Morgan fingerprint density at radius 2 is 1.92 bits per heavy atom. The third-order valence-corrected chi connectivity index (χ3v) is 4.42. The summed E-state index contributed by atoms with van der Waals surface area (Å²) in [5.41, 5.74) is 1.18. The van der Waals surface area contributed by atoms with Crippen LogP contribution in [0.4, 0.5) is 0 Å². The van der Waals surface area contributed by atoms with Crippen LogP contribution in [0.3, 0.4) is 0 Å². The molecule has 0 bridgehead atoms. The van der Waals surface area contributed by atoms with E-state index in [0.29, 0.717) is 28.2 Å². The summed E-state index contributed by atoms with van der Waals surface area (Å²) in [4.78, 5) is 25.2. The second kappa shape index (κ2) is 5.93. The number of fused-ring (bicyclic) bond motifs is 2. The van der Waals surface area contributed by atoms with Crippen LogP contribution in [0.5, 0.6) is 5.75 Å². The second-order valence-electron chi connectivity index (χ2n) is 5.72. The molecule has 3 aromatic rings. The van der Waals surface area contributed by atoms with Gasteiger partial charge in [0.25, 0.3) is 5.91 Å². The Balaban J connectivity index is 1.87. The summed E-state index contributed by atoms with van der Waals surface area (Å²) < 4.78 is 11.1. The highest BCUT2D eigenvalue weighted by Gasteiger charge is 2.35. The number of hydrogen-bond acceptors (Lipinski definition) is 4. The summed E-state index contributed by atoms with van der Waals surface area (Å²) in [7, 11) is 0. The van der Waals surface area contributed by atoms with Crippen LogP contribution in [0, 0.1) is 0 Å². The topological polar surface area (TPSA) is 68.5 Å². The average molecular weight is 356 g/mol. The van der Waals surface area contributed by atoms with Gasteiger partial charge in [0.15, 0.2) is 5.43 Å². The highest BCUT2D eigenvalue weighted by molar-refractivity contribution is 6.31. The molecular weight excluding hydrogens is 342 g/mol. The fourth-order valence-electron chi connectivity index (χ4n) is 3.05. The van der Waals surface area contributed by atoms with Gasteiger partial charge in [-0.1, -0.05) is 23.7 Å². The third kappa shape index (κ3) is 2.57. The van der Waals surface area contributed by atoms with Gasteiger partial charge in [0.05, 0.1) is 23.6 Å². The van der Waals surface area contributed by atoms with Gasteiger partial charge in [0.2, 0.25) is 5.76 Å². The van der Waals surface area contributed by atoms with Crippen LogP contribution in [0.15, 0.2) is 51.7 Å². The number of carbonyl (C=O) groups is 1. The molecule has 1 N–H and O–H groups in total. The maximum atomic E-state index is 12.9. The molecule has 1 unspecified atom stereocenters. The minimum Gasteiger partial charge on any atom is -0.494 e. The van der Waals surface area contributed by atoms with Crippen molar-refractivity contribution in [3.8, 4) is 5.75 Å². The van der Waals surface area contributed by atoms with E-state index in [0.717, 1.165) is 11.3 Å². The van der Waals surface area contributed by atoms with E-state index in [-0.39, 0.29) is 11.2 Å². The molecule has 0 radical (unpaired) electrons. The Hall–Kier alpha value is -2.79. The van der Waals surface area contributed by atoms with Gasteiger partial charge in [-0.25, -0.2) is 0 Å². The molecule has 25 heavy (non-hydrogen) atoms. The molecule has 0 aliphatic carbocycles. The molecule has 1 aliphatic heterocycles. The number of nitrogens with one attached hydrogen (secondary N) is 1. The van der Waals surface area contributed by atoms with Gasteiger partial charge in [-0.2, -0.15) is 0 Å². The van der Waals surface area contributed by atoms with Crippen LogP contribution in [0.2, 0.25) is 5.02 Å². The Kier molecular flexibility index (Phi) is 3.73. The summed E-state index contributed by atoms with van der Waals surface area (Å²) in [5, 5.41) is 3.61. The Bertz CT molecular complexity index is 1040. The molecule has 1 aromatic heterocycles. The summed E-state index contributed by atoms with van der Waals surface area (Å²) in [5.74, 6) is 0.384. The zero-order valence-corrected chi connectivity index (χ0v) is 14.1. The van der Waals surface area contributed by atoms with Crippen molar-refractivity contribution in [2.24, 2.45) is 0 Å². The van der Waals surface area contributed by atoms with Crippen LogP contribution in [-0.4, -0.2) is 12.5 Å². The van der Waals surface area contributed by atoms with E-state index >= 15 is 0 Å². The van der Waals surface area contributed by atoms with Gasteiger partial charge in [0, 0.05) is 5.02 Å². The standard InChI is InChI=1S/C19H14ClNO4/c1-2-24-12-6-3-10(4-7-12)16-15-17(22)13-9-11(20)5-8-14(13)25-18(15)19(23)21-16/h3-9,16H,2H2,1H3,(H,21,23). The molecule has 6 heteroatoms. The Morgan fingerprint density at radius 1 is 1.16 bits per heavy atom. The van der Waals surface area contributed by atoms with E-state index in [1.807, 2.05) is 31.2 Å². The maximum absolute atomic E-state index is 12.9. The molecule has 4 rings (SSSR count). The summed E-state index contributed by atoms with van der Waals surface area (Å²) in [6.07, 6.45) is 0. The number of halogens is 1. The second-order valence-corrected chi connectivity index (χ2v) is 6.16. The zero-order valence-electron chi connectivity index (χ0n) is 13.3. The SMILES string of the molecule is CCOc1ccc(C2NC(=O)c3oc4ccc(Cl)cc4c(=O)c32)cc1. The zero-order chi connectivity index (χ0) is 17.6. The first-order chi connectivity index (χ1) is 12.1. The Morgan fingerprint density at radius 3 is 2.64 bits per heavy atom. The minimum atomic E-state index is -0.558. The lowest BCUT2D eigenvalue weighted by atomic mass is 9.99. The van der Waals surface area contributed by atoms with E-state index in [2.05, 4.69) is 5.32 Å². The quantitative estimate of drug-likeness (QED) is 0.778. The lowest BCUT2D eigenvalue weighted by Crippen LogP contribution is -2.21. The molecule has 1 amide bonds. The number of amides is 1. The van der Waals surface area contributed by atoms with Crippen LogP contribution < -0.4 is 15.5 Å². The first-order valence-electron chi connectivity index (χ1n) is 7.88. The smallest absolute Gasteiger partial charge is 0.288 e. The highest BCUT2D eigenvalue weighted by Crippen LogP contribution is 2.32. The first kappa shape index (κ1) is 15.7. The van der Waals surface area contributed by atoms with Crippen molar-refractivity contribution >= 4 is 28.5 Å². The Labute approximate surface area is 148 Å². The van der Waals surface area contributed by atoms with Gasteiger partial charge in [0.1, 0.15) is 11.3 Å². The minimum absolute atomic E-state index is 0.0544. The number of carbonyl (C=O) groups excluding carboxylic acids is 1. The lowest BCUT2D eigenvalue weighted by Gasteiger charge is -2.12. The normalized spacial score (nSPS) is 15.9. The van der Waals surface area contributed by atoms with Crippen molar-refractivity contribution in [3.63, 3.8) is 0 Å². The number of hydrogen-bond donors (Lipinski definition) is 1. The van der Waals surface area contributed by atoms with Crippen LogP contribution in [-0.2, 0) is 0 Å². The molecule has 0 saturated carbocycles. The van der Waals surface area contributed by atoms with Gasteiger partial charge in [-0.15, -0.1) is 0 Å². The van der Waals surface area contributed by atoms with Crippen molar-refractivity contribution in [2.75, 3.05) is 6.61 Å². The molecule has 0 fully saturated rings. The van der Waals surface area contributed by atoms with E-state index < -0.39 is 11.9 Å². The summed E-state index contributed by atoms with van der Waals surface area (Å²) >= 11 is 5.99. The fourth-order valence-corrected chi connectivity index (χ4v) is 3.23.